The Balaban J connectivity index is 1.67. The number of amides is 1. The molecular weight excluding hydrogens is 450 g/mol. The summed E-state index contributed by atoms with van der Waals surface area (Å²) in [6.07, 6.45) is 0. The van der Waals surface area contributed by atoms with E-state index >= 15 is 0 Å². The molecule has 0 spiro atoms. The van der Waals surface area contributed by atoms with Gasteiger partial charge >= 0.3 is 0 Å². The molecule has 0 saturated heterocycles. The number of anilines is 1. The summed E-state index contributed by atoms with van der Waals surface area (Å²) >= 11 is 8.81. The lowest BCUT2D eigenvalue weighted by atomic mass is 10.1. The molecule has 4 aromatic rings. The van der Waals surface area contributed by atoms with Crippen LogP contribution in [0.15, 0.2) is 57.8 Å². The van der Waals surface area contributed by atoms with Gasteiger partial charge < -0.3 is 5.32 Å². The van der Waals surface area contributed by atoms with Gasteiger partial charge in [0.25, 0.3) is 5.56 Å². The number of hydrogen-bond acceptors (Lipinski definition) is 5. The molecule has 0 unspecified atom stereocenters. The maximum absolute atomic E-state index is 13.2. The summed E-state index contributed by atoms with van der Waals surface area (Å²) in [7, 11) is 0. The van der Waals surface area contributed by atoms with Crippen molar-refractivity contribution in [3.8, 4) is 5.69 Å². The molecule has 0 aliphatic heterocycles. The minimum Gasteiger partial charge on any atom is -0.324 e. The third-order valence-corrected chi connectivity index (χ3v) is 7.16. The van der Waals surface area contributed by atoms with E-state index in [2.05, 4.69) is 10.3 Å². The topological polar surface area (TPSA) is 64.0 Å². The average Bonchev–Trinajstić information content (AvgIpc) is 3.21. The first-order valence-electron chi connectivity index (χ1n) is 9.61. The van der Waals surface area contributed by atoms with Crippen LogP contribution in [0.3, 0.4) is 0 Å². The molecule has 0 saturated carbocycles. The van der Waals surface area contributed by atoms with Crippen molar-refractivity contribution in [1.82, 2.24) is 9.55 Å². The van der Waals surface area contributed by atoms with Gasteiger partial charge in [0.15, 0.2) is 5.16 Å². The Hall–Kier alpha value is -2.61. The van der Waals surface area contributed by atoms with Crippen LogP contribution in [0.25, 0.3) is 15.9 Å². The summed E-state index contributed by atoms with van der Waals surface area (Å²) in [5.74, 6) is -0.120. The molecular formula is C23H20ClN3O2S2. The van der Waals surface area contributed by atoms with Gasteiger partial charge in [0.05, 0.1) is 27.7 Å². The van der Waals surface area contributed by atoms with Gasteiger partial charge in [-0.05, 0) is 67.1 Å². The van der Waals surface area contributed by atoms with E-state index in [9.17, 15) is 9.59 Å². The van der Waals surface area contributed by atoms with E-state index in [-0.39, 0.29) is 17.2 Å². The van der Waals surface area contributed by atoms with Crippen LogP contribution in [0, 0.1) is 20.8 Å². The first kappa shape index (κ1) is 21.6. The van der Waals surface area contributed by atoms with Crippen molar-refractivity contribution in [2.75, 3.05) is 11.1 Å². The van der Waals surface area contributed by atoms with E-state index in [0.717, 1.165) is 22.4 Å². The van der Waals surface area contributed by atoms with Crippen LogP contribution in [-0.4, -0.2) is 21.2 Å². The molecule has 0 bridgehead atoms. The Morgan fingerprint density at radius 1 is 1.13 bits per heavy atom. The molecule has 2 aromatic heterocycles. The van der Waals surface area contributed by atoms with Crippen LogP contribution < -0.4 is 10.9 Å². The molecule has 0 aliphatic rings. The van der Waals surface area contributed by atoms with E-state index in [0.29, 0.717) is 26.1 Å². The summed E-state index contributed by atoms with van der Waals surface area (Å²) < 4.78 is 2.18. The minimum atomic E-state index is -0.215. The van der Waals surface area contributed by atoms with Crippen molar-refractivity contribution in [2.24, 2.45) is 0 Å². The molecule has 2 aromatic carbocycles. The van der Waals surface area contributed by atoms with Crippen molar-refractivity contribution in [2.45, 2.75) is 25.9 Å². The predicted octanol–water partition coefficient (Wildman–Crippen LogP) is 5.76. The van der Waals surface area contributed by atoms with Gasteiger partial charge in [-0.15, -0.1) is 11.3 Å². The summed E-state index contributed by atoms with van der Waals surface area (Å²) in [5.41, 5.74) is 4.95. The molecule has 0 aliphatic carbocycles. The fraction of sp³-hybridized carbons (Fsp3) is 0.174. The van der Waals surface area contributed by atoms with E-state index in [1.165, 1.54) is 23.1 Å². The normalized spacial score (nSPS) is 11.1. The standard InChI is InChI=1S/C23H20ClN3O2S2/c1-13-7-8-16(11-15(13)3)27-22(29)21-18(9-10-30-21)25-23(27)31-12-19(28)26-20-14(2)5-4-6-17(20)24/h4-11H,12H2,1-3H3,(H,26,28). The maximum atomic E-state index is 13.2. The van der Waals surface area contributed by atoms with Gasteiger partial charge in [0.2, 0.25) is 5.91 Å². The quantitative estimate of drug-likeness (QED) is 0.298. The zero-order chi connectivity index (χ0) is 22.1. The number of aromatic nitrogens is 2. The number of aryl methyl sites for hydroxylation is 3. The van der Waals surface area contributed by atoms with Crippen molar-refractivity contribution in [3.05, 3.63) is 79.9 Å². The second-order valence-corrected chi connectivity index (χ2v) is 9.47. The Kier molecular flexibility index (Phi) is 6.18. The van der Waals surface area contributed by atoms with Crippen molar-refractivity contribution < 1.29 is 4.79 Å². The molecule has 0 fully saturated rings. The minimum absolute atomic E-state index is 0.0948. The molecule has 4 rings (SSSR count). The van der Waals surface area contributed by atoms with Crippen molar-refractivity contribution in [1.29, 1.82) is 0 Å². The molecule has 1 N–H and O–H groups in total. The molecule has 0 atom stereocenters. The van der Waals surface area contributed by atoms with Gasteiger partial charge in [0.1, 0.15) is 4.70 Å². The summed E-state index contributed by atoms with van der Waals surface area (Å²) in [6.45, 7) is 5.92. The van der Waals surface area contributed by atoms with E-state index in [4.69, 9.17) is 11.6 Å². The number of nitrogens with zero attached hydrogens (tertiary/aromatic N) is 2. The van der Waals surface area contributed by atoms with Crippen LogP contribution in [0.5, 0.6) is 0 Å². The van der Waals surface area contributed by atoms with Gasteiger partial charge in [-0.1, -0.05) is 41.6 Å². The second kappa shape index (κ2) is 8.86. The molecule has 1 amide bonds. The molecule has 8 heteroatoms. The summed E-state index contributed by atoms with van der Waals surface area (Å²) in [5, 5.41) is 5.68. The number of nitrogens with one attached hydrogen (secondary N) is 1. The Bertz CT molecular complexity index is 1340. The van der Waals surface area contributed by atoms with Gasteiger partial charge in [-0.25, -0.2) is 4.98 Å². The number of thiophene rings is 1. The Morgan fingerprint density at radius 2 is 1.94 bits per heavy atom. The predicted molar refractivity (Wildman–Crippen MR) is 130 cm³/mol. The lowest BCUT2D eigenvalue weighted by Crippen LogP contribution is -2.22. The summed E-state index contributed by atoms with van der Waals surface area (Å²) in [6, 6.07) is 13.1. The number of halogens is 1. The van der Waals surface area contributed by atoms with Gasteiger partial charge in [-0.2, -0.15) is 0 Å². The Labute approximate surface area is 193 Å². The highest BCUT2D eigenvalue weighted by Crippen LogP contribution is 2.27. The maximum Gasteiger partial charge on any atom is 0.276 e. The average molecular weight is 470 g/mol. The van der Waals surface area contributed by atoms with E-state index in [1.54, 1.807) is 10.6 Å². The number of thioether (sulfide) groups is 1. The molecule has 0 radical (unpaired) electrons. The van der Waals surface area contributed by atoms with E-state index < -0.39 is 0 Å². The van der Waals surface area contributed by atoms with Crippen LogP contribution in [0.4, 0.5) is 5.69 Å². The number of fused-ring (bicyclic) bond motifs is 1. The van der Waals surface area contributed by atoms with Gasteiger partial charge in [-0.3, -0.25) is 14.2 Å². The first-order valence-corrected chi connectivity index (χ1v) is 11.8. The number of hydrogen-bond donors (Lipinski definition) is 1. The molecule has 158 valence electrons. The molecule has 5 nitrogen and oxygen atoms in total. The third kappa shape index (κ3) is 4.39. The zero-order valence-electron chi connectivity index (χ0n) is 17.2. The van der Waals surface area contributed by atoms with Crippen LogP contribution >= 0.6 is 34.7 Å². The Morgan fingerprint density at radius 3 is 2.68 bits per heavy atom. The molecule has 31 heavy (non-hydrogen) atoms. The van der Waals surface area contributed by atoms with Crippen molar-refractivity contribution in [3.63, 3.8) is 0 Å². The largest absolute Gasteiger partial charge is 0.324 e. The first-order chi connectivity index (χ1) is 14.8. The van der Waals surface area contributed by atoms with Gasteiger partial charge in [0, 0.05) is 0 Å². The van der Waals surface area contributed by atoms with Crippen molar-refractivity contribution >= 4 is 56.5 Å². The highest BCUT2D eigenvalue weighted by Gasteiger charge is 2.17. The number of para-hydroxylation sites is 1. The zero-order valence-corrected chi connectivity index (χ0v) is 19.6. The van der Waals surface area contributed by atoms with Crippen LogP contribution in [-0.2, 0) is 4.79 Å². The lowest BCUT2D eigenvalue weighted by molar-refractivity contribution is -0.113. The highest BCUT2D eigenvalue weighted by molar-refractivity contribution is 7.99. The van der Waals surface area contributed by atoms with E-state index in [1.807, 2.05) is 62.5 Å². The number of carbonyl (C=O) groups is 1. The summed E-state index contributed by atoms with van der Waals surface area (Å²) in [4.78, 5) is 30.5. The monoisotopic (exact) mass is 469 g/mol. The fourth-order valence-electron chi connectivity index (χ4n) is 3.18. The number of rotatable bonds is 5. The van der Waals surface area contributed by atoms with Crippen LogP contribution in [0.1, 0.15) is 16.7 Å². The van der Waals surface area contributed by atoms with Crippen LogP contribution in [0.2, 0.25) is 5.02 Å². The fourth-order valence-corrected chi connectivity index (χ4v) is 5.02. The SMILES string of the molecule is Cc1ccc(-n2c(SCC(=O)Nc3c(C)cccc3Cl)nc3ccsc3c2=O)cc1C. The number of benzene rings is 2. The number of carbonyl (C=O) groups excluding carboxylic acids is 1. The third-order valence-electron chi connectivity index (χ3n) is 5.02. The molecule has 2 heterocycles. The lowest BCUT2D eigenvalue weighted by Gasteiger charge is -2.14. The second-order valence-electron chi connectivity index (χ2n) is 7.21. The highest BCUT2D eigenvalue weighted by atomic mass is 35.5. The smallest absolute Gasteiger partial charge is 0.276 e.